The molecule has 12 aromatic rings. The number of aromatic nitrogens is 2. The van der Waals surface area contributed by atoms with Gasteiger partial charge >= 0.3 is 6.18 Å². The lowest BCUT2D eigenvalue weighted by molar-refractivity contribution is -0.137. The molecule has 0 N–H and O–H groups in total. The Morgan fingerprint density at radius 1 is 0.347 bits per heavy atom. The highest BCUT2D eigenvalue weighted by Crippen LogP contribution is 2.45. The molecule has 72 heavy (non-hydrogen) atoms. The first-order chi connectivity index (χ1) is 34.9. The van der Waals surface area contributed by atoms with Crippen molar-refractivity contribution in [3.63, 3.8) is 0 Å². The van der Waals surface area contributed by atoms with E-state index in [9.17, 15) is 5.26 Å². The molecular weight excluding hydrogens is 892 g/mol. The van der Waals surface area contributed by atoms with E-state index in [1.165, 1.54) is 6.07 Å². The molecule has 6 heteroatoms. The van der Waals surface area contributed by atoms with Gasteiger partial charge in [0.2, 0.25) is 0 Å². The van der Waals surface area contributed by atoms with Crippen LogP contribution in [0.25, 0.3) is 111 Å². The smallest absolute Gasteiger partial charge is 0.309 e. The average Bonchev–Trinajstić information content (AvgIpc) is 3.89. The van der Waals surface area contributed by atoms with Crippen LogP contribution in [-0.4, -0.2) is 9.13 Å². The molecule has 2 aromatic heterocycles. The summed E-state index contributed by atoms with van der Waals surface area (Å²) in [5.41, 5.74) is 18.2. The fraction of sp³-hybridized carbons (Fsp3) is 0.0758. The third kappa shape index (κ3) is 7.71. The van der Waals surface area contributed by atoms with Gasteiger partial charge in [-0.15, -0.1) is 0 Å². The van der Waals surface area contributed by atoms with Crippen LogP contribution in [-0.2, 0) is 6.18 Å². The van der Waals surface area contributed by atoms with Crippen LogP contribution in [0, 0.1) is 39.0 Å². The Morgan fingerprint density at radius 3 is 1.06 bits per heavy atom. The molecular formula is C66H46F3N3. The summed E-state index contributed by atoms with van der Waals surface area (Å²) >= 11 is 0. The van der Waals surface area contributed by atoms with Gasteiger partial charge in [0.1, 0.15) is 0 Å². The highest BCUT2D eigenvalue weighted by molar-refractivity contribution is 6.14. The molecule has 2 heterocycles. The molecule has 10 aromatic carbocycles. The molecule has 0 bridgehead atoms. The maximum Gasteiger partial charge on any atom is 0.416 e. The summed E-state index contributed by atoms with van der Waals surface area (Å²) in [5.74, 6) is 0. The number of aryl methyl sites for hydroxylation is 4. The minimum Gasteiger partial charge on any atom is -0.309 e. The fourth-order valence-corrected chi connectivity index (χ4v) is 10.7. The van der Waals surface area contributed by atoms with Gasteiger partial charge in [0.25, 0.3) is 0 Å². The first-order valence-electron chi connectivity index (χ1n) is 24.1. The molecule has 0 radical (unpaired) electrons. The van der Waals surface area contributed by atoms with E-state index >= 15 is 13.2 Å². The second-order valence-corrected chi connectivity index (χ2v) is 19.1. The summed E-state index contributed by atoms with van der Waals surface area (Å²) in [7, 11) is 0. The average molecular weight is 938 g/mol. The van der Waals surface area contributed by atoms with Gasteiger partial charge in [0, 0.05) is 32.7 Å². The Morgan fingerprint density at radius 2 is 0.708 bits per heavy atom. The van der Waals surface area contributed by atoms with Crippen LogP contribution >= 0.6 is 0 Å². The van der Waals surface area contributed by atoms with Gasteiger partial charge in [-0.2, -0.15) is 18.4 Å². The summed E-state index contributed by atoms with van der Waals surface area (Å²) in [5, 5.41) is 14.4. The number of rotatable bonds is 7. The van der Waals surface area contributed by atoms with Crippen molar-refractivity contribution in [2.45, 2.75) is 33.9 Å². The standard InChI is InChI=1S/C66H46F3N3/c1-40-9-5-13-45(29-40)49-18-25-61-56(34-49)57-35-50(46-14-6-10-41(2)30-46)19-26-62(57)71(61)60-24-17-44(39-70)33-55(60)54-23-22-53(66(67,68)69)38-65(54)72-63-27-20-51(47-15-7-11-42(3)31-47)36-58(63)59-37-52(21-28-64(59)72)48-16-8-12-43(4)32-48/h5-38H,1-4H3. The molecule has 346 valence electrons. The maximum absolute atomic E-state index is 15.2. The number of nitriles is 1. The Labute approximate surface area is 415 Å². The normalized spacial score (nSPS) is 11.8. The van der Waals surface area contributed by atoms with E-state index in [-0.39, 0.29) is 0 Å². The topological polar surface area (TPSA) is 33.6 Å². The number of halogens is 3. The highest BCUT2D eigenvalue weighted by Gasteiger charge is 2.32. The van der Waals surface area contributed by atoms with Crippen LogP contribution in [0.4, 0.5) is 13.2 Å². The van der Waals surface area contributed by atoms with E-state index in [0.29, 0.717) is 22.4 Å². The second-order valence-electron chi connectivity index (χ2n) is 19.1. The molecule has 0 saturated heterocycles. The zero-order valence-corrected chi connectivity index (χ0v) is 40.1. The summed E-state index contributed by atoms with van der Waals surface area (Å²) in [6.07, 6.45) is -4.64. The fourth-order valence-electron chi connectivity index (χ4n) is 10.7. The van der Waals surface area contributed by atoms with Crippen molar-refractivity contribution >= 4 is 43.6 Å². The van der Waals surface area contributed by atoms with E-state index in [4.69, 9.17) is 0 Å². The van der Waals surface area contributed by atoms with Crippen molar-refractivity contribution < 1.29 is 13.2 Å². The summed E-state index contributed by atoms with van der Waals surface area (Å²) < 4.78 is 49.7. The van der Waals surface area contributed by atoms with Gasteiger partial charge in [0.05, 0.1) is 50.6 Å². The van der Waals surface area contributed by atoms with Crippen molar-refractivity contribution in [2.75, 3.05) is 0 Å². The van der Waals surface area contributed by atoms with Crippen molar-refractivity contribution in [3.8, 4) is 73.1 Å². The molecule has 0 fully saturated rings. The molecule has 0 aliphatic carbocycles. The van der Waals surface area contributed by atoms with E-state index < -0.39 is 11.7 Å². The summed E-state index contributed by atoms with van der Waals surface area (Å²) in [4.78, 5) is 0. The summed E-state index contributed by atoms with van der Waals surface area (Å²) in [6.45, 7) is 8.32. The molecule has 0 aliphatic heterocycles. The lowest BCUT2D eigenvalue weighted by Crippen LogP contribution is -2.08. The van der Waals surface area contributed by atoms with Crippen molar-refractivity contribution in [3.05, 3.63) is 240 Å². The molecule has 12 rings (SSSR count). The van der Waals surface area contributed by atoms with Gasteiger partial charge in [-0.25, -0.2) is 0 Å². The van der Waals surface area contributed by atoms with Crippen molar-refractivity contribution in [1.82, 2.24) is 9.13 Å². The number of benzene rings is 10. The number of fused-ring (bicyclic) bond motifs is 6. The molecule has 0 spiro atoms. The van der Waals surface area contributed by atoms with E-state index in [2.05, 4.69) is 184 Å². The minimum absolute atomic E-state index is 0.344. The minimum atomic E-state index is -4.64. The number of hydrogen-bond donors (Lipinski definition) is 0. The monoisotopic (exact) mass is 937 g/mol. The third-order valence-corrected chi connectivity index (χ3v) is 14.2. The quantitative estimate of drug-likeness (QED) is 0.157. The van der Waals surface area contributed by atoms with Crippen molar-refractivity contribution in [2.24, 2.45) is 0 Å². The van der Waals surface area contributed by atoms with Crippen molar-refractivity contribution in [1.29, 1.82) is 5.26 Å². The van der Waals surface area contributed by atoms with Crippen LogP contribution in [0.15, 0.2) is 206 Å². The number of nitrogens with zero attached hydrogens (tertiary/aromatic N) is 3. The lowest BCUT2D eigenvalue weighted by atomic mass is 9.96. The third-order valence-electron chi connectivity index (χ3n) is 14.2. The Balaban J connectivity index is 1.15. The van der Waals surface area contributed by atoms with Gasteiger partial charge in [0.15, 0.2) is 0 Å². The van der Waals surface area contributed by atoms with E-state index in [0.717, 1.165) is 122 Å². The largest absolute Gasteiger partial charge is 0.416 e. The molecule has 0 aliphatic rings. The van der Waals surface area contributed by atoms with E-state index in [1.807, 2.05) is 41.0 Å². The van der Waals surface area contributed by atoms with Crippen LogP contribution < -0.4 is 0 Å². The molecule has 0 unspecified atom stereocenters. The van der Waals surface area contributed by atoms with Crippen LogP contribution in [0.3, 0.4) is 0 Å². The zero-order chi connectivity index (χ0) is 49.4. The first-order valence-corrected chi connectivity index (χ1v) is 24.1. The molecule has 0 atom stereocenters. The Bertz CT molecular complexity index is 4010. The molecule has 0 amide bonds. The van der Waals surface area contributed by atoms with E-state index in [1.54, 1.807) is 12.1 Å². The van der Waals surface area contributed by atoms with Gasteiger partial charge in [-0.3, -0.25) is 0 Å². The lowest BCUT2D eigenvalue weighted by Gasteiger charge is -2.20. The first kappa shape index (κ1) is 44.3. The van der Waals surface area contributed by atoms with Crippen LogP contribution in [0.1, 0.15) is 33.4 Å². The molecule has 0 saturated carbocycles. The van der Waals surface area contributed by atoms with Crippen LogP contribution in [0.2, 0.25) is 0 Å². The Kier molecular flexibility index (Phi) is 10.6. The van der Waals surface area contributed by atoms with Crippen LogP contribution in [0.5, 0.6) is 0 Å². The predicted molar refractivity (Wildman–Crippen MR) is 291 cm³/mol. The summed E-state index contributed by atoms with van der Waals surface area (Å²) in [6, 6.07) is 71.0. The van der Waals surface area contributed by atoms with Gasteiger partial charge < -0.3 is 9.13 Å². The molecule has 3 nitrogen and oxygen atoms in total. The number of hydrogen-bond acceptors (Lipinski definition) is 1. The second kappa shape index (κ2) is 17.2. The van der Waals surface area contributed by atoms with Gasteiger partial charge in [-0.1, -0.05) is 150 Å². The van der Waals surface area contributed by atoms with Gasteiger partial charge in [-0.05, 0) is 151 Å². The maximum atomic E-state index is 15.2. The number of alkyl halides is 3. The zero-order valence-electron chi connectivity index (χ0n) is 40.1. The highest BCUT2D eigenvalue weighted by atomic mass is 19.4. The Hall–Kier alpha value is -8.92. The SMILES string of the molecule is Cc1cccc(-c2ccc3c(c2)c2cc(-c4cccc(C)c4)ccc2n3-c2ccc(C#N)cc2-c2ccc(C(F)(F)F)cc2-n2c3ccc(-c4cccc(C)c4)cc3c3cc(-c4cccc(C)c4)ccc32)c1. The predicted octanol–water partition coefficient (Wildman–Crippen LogP) is 18.3.